The maximum Gasteiger partial charge on any atom is 0.295 e. The van der Waals surface area contributed by atoms with Crippen LogP contribution in [-0.2, 0) is 6.61 Å². The van der Waals surface area contributed by atoms with E-state index in [9.17, 15) is 22.8 Å². The van der Waals surface area contributed by atoms with E-state index >= 15 is 0 Å². The third-order valence-corrected chi connectivity index (χ3v) is 3.62. The first-order valence-electron chi connectivity index (χ1n) is 7.80. The van der Waals surface area contributed by atoms with Gasteiger partial charge in [0.15, 0.2) is 0 Å². The lowest BCUT2D eigenvalue weighted by Gasteiger charge is -2.11. The van der Waals surface area contributed by atoms with Crippen LogP contribution >= 0.6 is 0 Å². The third kappa shape index (κ3) is 4.17. The normalized spacial score (nSPS) is 10.5. The second kappa shape index (κ2) is 7.77. The van der Waals surface area contributed by atoms with Gasteiger partial charge >= 0.3 is 0 Å². The Morgan fingerprint density at radius 1 is 1.00 bits per heavy atom. The minimum absolute atomic E-state index is 0.120. The van der Waals surface area contributed by atoms with Crippen molar-refractivity contribution in [3.05, 3.63) is 99.7 Å². The molecule has 2 aromatic carbocycles. The van der Waals surface area contributed by atoms with E-state index in [1.54, 1.807) is 6.07 Å². The summed E-state index contributed by atoms with van der Waals surface area (Å²) in [4.78, 5) is 29.9. The molecule has 138 valence electrons. The molecule has 3 rings (SSSR count). The molecule has 0 spiro atoms. The number of hydrogen-bond acceptors (Lipinski definition) is 3. The maximum absolute atomic E-state index is 13.7. The maximum atomic E-state index is 13.7. The number of carbonyl (C=O) groups is 1. The predicted molar refractivity (Wildman–Crippen MR) is 91.7 cm³/mol. The molecule has 0 aliphatic heterocycles. The Labute approximate surface area is 151 Å². The van der Waals surface area contributed by atoms with E-state index in [1.807, 2.05) is 5.32 Å². The monoisotopic (exact) mass is 374 g/mol. The summed E-state index contributed by atoms with van der Waals surface area (Å²) in [5, 5.41) is 2.04. The molecule has 0 atom stereocenters. The fourth-order valence-electron chi connectivity index (χ4n) is 2.32. The number of carbonyl (C=O) groups excluding carboxylic acids is 1. The number of benzene rings is 2. The van der Waals surface area contributed by atoms with Crippen LogP contribution in [-0.4, -0.2) is 10.6 Å². The first-order valence-corrected chi connectivity index (χ1v) is 7.80. The van der Waals surface area contributed by atoms with E-state index in [0.29, 0.717) is 5.56 Å². The van der Waals surface area contributed by atoms with E-state index in [0.717, 1.165) is 22.9 Å². The van der Waals surface area contributed by atoms with Gasteiger partial charge in [-0.3, -0.25) is 9.59 Å². The topological polar surface area (TPSA) is 60.3 Å². The molecule has 0 fully saturated rings. The molecule has 0 bridgehead atoms. The SMILES string of the molecule is O=C(Nc1c(F)cccc1F)c1cccn(OCc2cccc(F)c2)c1=O. The van der Waals surface area contributed by atoms with Gasteiger partial charge in [-0.25, -0.2) is 13.2 Å². The Morgan fingerprint density at radius 3 is 2.41 bits per heavy atom. The summed E-state index contributed by atoms with van der Waals surface area (Å²) in [5.74, 6) is -3.39. The molecule has 1 N–H and O–H groups in total. The number of para-hydroxylation sites is 1. The van der Waals surface area contributed by atoms with Gasteiger partial charge < -0.3 is 10.2 Å². The van der Waals surface area contributed by atoms with E-state index in [2.05, 4.69) is 0 Å². The van der Waals surface area contributed by atoms with Gasteiger partial charge in [0, 0.05) is 6.20 Å². The van der Waals surface area contributed by atoms with Gasteiger partial charge in [0.25, 0.3) is 11.5 Å². The summed E-state index contributed by atoms with van der Waals surface area (Å²) < 4.78 is 41.3. The van der Waals surface area contributed by atoms with Gasteiger partial charge in [-0.1, -0.05) is 18.2 Å². The van der Waals surface area contributed by atoms with Crippen LogP contribution in [0.3, 0.4) is 0 Å². The van der Waals surface area contributed by atoms with Crippen molar-refractivity contribution in [3.63, 3.8) is 0 Å². The fraction of sp³-hybridized carbons (Fsp3) is 0.0526. The summed E-state index contributed by atoms with van der Waals surface area (Å²) in [7, 11) is 0. The number of anilines is 1. The highest BCUT2D eigenvalue weighted by molar-refractivity contribution is 6.04. The minimum atomic E-state index is -0.993. The molecule has 1 heterocycles. The number of amides is 1. The predicted octanol–water partition coefficient (Wildman–Crippen LogP) is 3.15. The number of pyridine rings is 1. The highest BCUT2D eigenvalue weighted by atomic mass is 19.1. The van der Waals surface area contributed by atoms with Crippen LogP contribution in [0.2, 0.25) is 0 Å². The van der Waals surface area contributed by atoms with Gasteiger partial charge in [-0.2, -0.15) is 4.73 Å². The lowest BCUT2D eigenvalue weighted by molar-refractivity contribution is 0.0862. The Kier molecular flexibility index (Phi) is 5.25. The summed E-state index contributed by atoms with van der Waals surface area (Å²) in [6.07, 6.45) is 1.27. The van der Waals surface area contributed by atoms with E-state index in [4.69, 9.17) is 4.84 Å². The molecule has 1 amide bonds. The van der Waals surface area contributed by atoms with Gasteiger partial charge in [0.1, 0.15) is 35.3 Å². The van der Waals surface area contributed by atoms with Gasteiger partial charge in [-0.05, 0) is 42.0 Å². The van der Waals surface area contributed by atoms with Gasteiger partial charge in [-0.15, -0.1) is 0 Å². The quantitative estimate of drug-likeness (QED) is 0.746. The molecule has 8 heteroatoms. The molecular weight excluding hydrogens is 361 g/mol. The summed E-state index contributed by atoms with van der Waals surface area (Å²) in [5.41, 5.74) is -1.38. The van der Waals surface area contributed by atoms with Crippen LogP contribution < -0.4 is 15.7 Å². The van der Waals surface area contributed by atoms with Crippen LogP contribution in [0.25, 0.3) is 0 Å². The molecule has 1 aromatic heterocycles. The zero-order valence-electron chi connectivity index (χ0n) is 13.8. The minimum Gasteiger partial charge on any atom is -0.406 e. The summed E-state index contributed by atoms with van der Waals surface area (Å²) >= 11 is 0. The van der Waals surface area contributed by atoms with Crippen LogP contribution in [0, 0.1) is 17.5 Å². The first-order chi connectivity index (χ1) is 13.0. The highest BCUT2D eigenvalue weighted by Crippen LogP contribution is 2.18. The first kappa shape index (κ1) is 18.2. The summed E-state index contributed by atoms with van der Waals surface area (Å²) in [6, 6.07) is 11.3. The lowest BCUT2D eigenvalue weighted by atomic mass is 10.2. The van der Waals surface area contributed by atoms with E-state index < -0.39 is 34.6 Å². The van der Waals surface area contributed by atoms with Crippen molar-refractivity contribution in [2.45, 2.75) is 6.61 Å². The van der Waals surface area contributed by atoms with E-state index in [-0.39, 0.29) is 12.2 Å². The molecule has 0 saturated heterocycles. The number of hydrogen-bond donors (Lipinski definition) is 1. The van der Waals surface area contributed by atoms with Crippen molar-refractivity contribution < 1.29 is 22.8 Å². The Hall–Kier alpha value is -3.55. The Morgan fingerprint density at radius 2 is 1.70 bits per heavy atom. The fourth-order valence-corrected chi connectivity index (χ4v) is 2.32. The zero-order valence-corrected chi connectivity index (χ0v) is 13.8. The molecule has 0 aliphatic rings. The largest absolute Gasteiger partial charge is 0.406 e. The lowest BCUT2D eigenvalue weighted by Crippen LogP contribution is -2.32. The smallest absolute Gasteiger partial charge is 0.295 e. The molecule has 0 radical (unpaired) electrons. The number of aromatic nitrogens is 1. The third-order valence-electron chi connectivity index (χ3n) is 3.62. The molecule has 0 saturated carbocycles. The van der Waals surface area contributed by atoms with E-state index in [1.165, 1.54) is 36.5 Å². The van der Waals surface area contributed by atoms with Crippen molar-refractivity contribution in [1.29, 1.82) is 0 Å². The summed E-state index contributed by atoms with van der Waals surface area (Å²) in [6.45, 7) is -0.120. The molecular formula is C19H13F3N2O3. The van der Waals surface area contributed by atoms with Gasteiger partial charge in [0.2, 0.25) is 0 Å². The molecule has 27 heavy (non-hydrogen) atoms. The second-order valence-electron chi connectivity index (χ2n) is 5.51. The number of halogens is 3. The number of nitrogens with zero attached hydrogens (tertiary/aromatic N) is 1. The zero-order chi connectivity index (χ0) is 19.4. The van der Waals surface area contributed by atoms with Crippen molar-refractivity contribution in [3.8, 4) is 0 Å². The second-order valence-corrected chi connectivity index (χ2v) is 5.51. The van der Waals surface area contributed by atoms with Crippen LogP contribution in [0.5, 0.6) is 0 Å². The van der Waals surface area contributed by atoms with Crippen molar-refractivity contribution in [1.82, 2.24) is 4.73 Å². The van der Waals surface area contributed by atoms with Crippen LogP contribution in [0.1, 0.15) is 15.9 Å². The van der Waals surface area contributed by atoms with Gasteiger partial charge in [0.05, 0.1) is 0 Å². The Bertz CT molecular complexity index is 1030. The molecule has 5 nitrogen and oxygen atoms in total. The molecule has 0 unspecified atom stereocenters. The number of nitrogens with one attached hydrogen (secondary N) is 1. The molecule has 0 aliphatic carbocycles. The average molecular weight is 374 g/mol. The van der Waals surface area contributed by atoms with Crippen LogP contribution in [0.4, 0.5) is 18.9 Å². The Balaban J connectivity index is 1.80. The molecule has 3 aromatic rings. The highest BCUT2D eigenvalue weighted by Gasteiger charge is 2.17. The van der Waals surface area contributed by atoms with Crippen LogP contribution in [0.15, 0.2) is 65.6 Å². The average Bonchev–Trinajstić information content (AvgIpc) is 2.64. The van der Waals surface area contributed by atoms with Crippen molar-refractivity contribution in [2.24, 2.45) is 0 Å². The van der Waals surface area contributed by atoms with Crippen molar-refractivity contribution >= 4 is 11.6 Å². The number of rotatable bonds is 5. The standard InChI is InChI=1S/C19H13F3N2O3/c20-13-5-1-4-12(10-13)11-27-24-9-3-6-14(19(24)26)18(25)23-17-15(21)7-2-8-16(17)22/h1-10H,11H2,(H,23,25). The van der Waals surface area contributed by atoms with Crippen molar-refractivity contribution in [2.75, 3.05) is 5.32 Å².